The molecule has 1 atom stereocenters. The molecule has 26 heavy (non-hydrogen) atoms. The minimum Gasteiger partial charge on any atom is -0.497 e. The highest BCUT2D eigenvalue weighted by Crippen LogP contribution is 2.17. The Kier molecular flexibility index (Phi) is 6.60. The van der Waals surface area contributed by atoms with Crippen LogP contribution in [0.25, 0.3) is 0 Å². The number of nitrogens with zero attached hydrogens (tertiary/aromatic N) is 2. The van der Waals surface area contributed by atoms with Gasteiger partial charge >= 0.3 is 5.97 Å². The summed E-state index contributed by atoms with van der Waals surface area (Å²) in [4.78, 5) is 24.0. The predicted octanol–water partition coefficient (Wildman–Crippen LogP) is 2.42. The first-order valence-electron chi connectivity index (χ1n) is 8.21. The number of rotatable bonds is 8. The molecule has 1 aromatic carbocycles. The number of aromatic nitrogens is 2. The third-order valence-electron chi connectivity index (χ3n) is 3.50. The van der Waals surface area contributed by atoms with Crippen molar-refractivity contribution in [2.24, 2.45) is 0 Å². The fourth-order valence-electron chi connectivity index (χ4n) is 2.15. The van der Waals surface area contributed by atoms with Crippen LogP contribution in [0.15, 0.2) is 36.5 Å². The van der Waals surface area contributed by atoms with Crippen molar-refractivity contribution in [1.82, 2.24) is 9.78 Å². The molecule has 0 bridgehead atoms. The van der Waals surface area contributed by atoms with Crippen molar-refractivity contribution in [3.63, 3.8) is 0 Å². The first kappa shape index (κ1) is 19.3. The fraction of sp³-hybridized carbons (Fsp3) is 0.389. The molecule has 0 unspecified atom stereocenters. The van der Waals surface area contributed by atoms with Crippen LogP contribution in [0.3, 0.4) is 0 Å². The van der Waals surface area contributed by atoms with E-state index in [9.17, 15) is 9.59 Å². The highest BCUT2D eigenvalue weighted by atomic mass is 16.6. The smallest absolute Gasteiger partial charge is 0.344 e. The maximum absolute atomic E-state index is 12.2. The summed E-state index contributed by atoms with van der Waals surface area (Å²) < 4.78 is 17.1. The third kappa shape index (κ3) is 5.23. The van der Waals surface area contributed by atoms with E-state index in [0.717, 1.165) is 0 Å². The quantitative estimate of drug-likeness (QED) is 0.726. The van der Waals surface area contributed by atoms with E-state index in [4.69, 9.17) is 14.2 Å². The molecule has 0 aliphatic heterocycles. The van der Waals surface area contributed by atoms with E-state index in [0.29, 0.717) is 17.3 Å². The average molecular weight is 361 g/mol. The van der Waals surface area contributed by atoms with Gasteiger partial charge in [-0.2, -0.15) is 5.10 Å². The van der Waals surface area contributed by atoms with Crippen molar-refractivity contribution < 1.29 is 23.8 Å². The average Bonchev–Trinajstić information content (AvgIpc) is 3.08. The van der Waals surface area contributed by atoms with Crippen molar-refractivity contribution in [2.45, 2.75) is 32.9 Å². The molecule has 2 aromatic rings. The van der Waals surface area contributed by atoms with Crippen molar-refractivity contribution in [2.75, 3.05) is 19.0 Å². The number of methoxy groups -OCH3 is 1. The number of benzene rings is 1. The zero-order chi connectivity index (χ0) is 19.1. The molecule has 1 amide bonds. The zero-order valence-electron chi connectivity index (χ0n) is 15.3. The maximum Gasteiger partial charge on any atom is 0.344 e. The lowest BCUT2D eigenvalue weighted by Gasteiger charge is -2.16. The number of esters is 1. The molecule has 2 rings (SSSR count). The second kappa shape index (κ2) is 8.89. The van der Waals surface area contributed by atoms with Gasteiger partial charge in [-0.3, -0.25) is 4.79 Å². The van der Waals surface area contributed by atoms with Crippen LogP contribution in [0.2, 0.25) is 0 Å². The van der Waals surface area contributed by atoms with Crippen molar-refractivity contribution in [3.8, 4) is 11.5 Å². The Labute approximate surface area is 152 Å². The number of carbonyl (C=O) groups is 2. The van der Waals surface area contributed by atoms with Crippen molar-refractivity contribution in [3.05, 3.63) is 36.5 Å². The molecule has 0 radical (unpaired) electrons. The summed E-state index contributed by atoms with van der Waals surface area (Å²) >= 11 is 0. The molecule has 0 aliphatic carbocycles. The number of ether oxygens (including phenoxy) is 3. The fourth-order valence-corrected chi connectivity index (χ4v) is 2.15. The molecular weight excluding hydrogens is 338 g/mol. The minimum absolute atomic E-state index is 0.0936. The van der Waals surface area contributed by atoms with Crippen LogP contribution < -0.4 is 14.8 Å². The highest BCUT2D eigenvalue weighted by molar-refractivity contribution is 5.94. The van der Waals surface area contributed by atoms with Gasteiger partial charge in [-0.1, -0.05) is 0 Å². The molecule has 140 valence electrons. The van der Waals surface area contributed by atoms with Gasteiger partial charge in [0.2, 0.25) is 0 Å². The van der Waals surface area contributed by atoms with Crippen LogP contribution in [0, 0.1) is 0 Å². The molecule has 0 aliphatic rings. The van der Waals surface area contributed by atoms with Crippen molar-refractivity contribution in [1.29, 1.82) is 0 Å². The summed E-state index contributed by atoms with van der Waals surface area (Å²) in [6, 6.07) is 8.56. The Hall–Kier alpha value is -3.03. The van der Waals surface area contributed by atoms with Gasteiger partial charge < -0.3 is 19.5 Å². The lowest BCUT2D eigenvalue weighted by molar-refractivity contribution is -0.155. The van der Waals surface area contributed by atoms with Crippen LogP contribution in [0.4, 0.5) is 5.82 Å². The minimum atomic E-state index is -0.961. The number of anilines is 1. The molecule has 0 saturated carbocycles. The van der Waals surface area contributed by atoms with Crippen LogP contribution in [0.5, 0.6) is 11.5 Å². The Morgan fingerprint density at radius 1 is 1.12 bits per heavy atom. The van der Waals surface area contributed by atoms with Gasteiger partial charge in [-0.25, -0.2) is 9.48 Å². The zero-order valence-corrected chi connectivity index (χ0v) is 15.3. The summed E-state index contributed by atoms with van der Waals surface area (Å²) in [5, 5.41) is 6.82. The van der Waals surface area contributed by atoms with Gasteiger partial charge in [-0.15, -0.1) is 0 Å². The third-order valence-corrected chi connectivity index (χ3v) is 3.50. The summed E-state index contributed by atoms with van der Waals surface area (Å²) in [5.74, 6) is 0.653. The molecule has 0 spiro atoms. The van der Waals surface area contributed by atoms with Crippen LogP contribution in [0.1, 0.15) is 26.8 Å². The van der Waals surface area contributed by atoms with Gasteiger partial charge in [0.05, 0.1) is 13.3 Å². The molecule has 8 heteroatoms. The summed E-state index contributed by atoms with van der Waals surface area (Å²) in [5.41, 5.74) is 0. The van der Waals surface area contributed by atoms with E-state index in [2.05, 4.69) is 10.4 Å². The summed E-state index contributed by atoms with van der Waals surface area (Å²) in [6.07, 6.45) is 0.632. The van der Waals surface area contributed by atoms with Crippen LogP contribution in [-0.4, -0.2) is 41.5 Å². The normalized spacial score (nSPS) is 11.7. The maximum atomic E-state index is 12.2. The first-order chi connectivity index (χ1) is 12.4. The lowest BCUT2D eigenvalue weighted by atomic mass is 10.3. The Bertz CT molecular complexity index is 740. The van der Waals surface area contributed by atoms with E-state index >= 15 is 0 Å². The number of hydrogen-bond donors (Lipinski definition) is 1. The SMILES string of the molecule is COc1ccc(OCC(=O)O[C@@H](C)C(=O)Nc2ccnn2C(C)C)cc1. The monoisotopic (exact) mass is 361 g/mol. The summed E-state index contributed by atoms with van der Waals surface area (Å²) in [7, 11) is 1.56. The molecule has 0 fully saturated rings. The van der Waals surface area contributed by atoms with E-state index in [-0.39, 0.29) is 12.6 Å². The van der Waals surface area contributed by atoms with Crippen molar-refractivity contribution >= 4 is 17.7 Å². The summed E-state index contributed by atoms with van der Waals surface area (Å²) in [6.45, 7) is 5.09. The highest BCUT2D eigenvalue weighted by Gasteiger charge is 2.20. The number of carbonyl (C=O) groups excluding carboxylic acids is 2. The number of amides is 1. The molecule has 1 heterocycles. The second-order valence-electron chi connectivity index (χ2n) is 5.84. The van der Waals surface area contributed by atoms with Gasteiger partial charge in [-0.05, 0) is 45.0 Å². The topological polar surface area (TPSA) is 91.7 Å². The van der Waals surface area contributed by atoms with Gasteiger partial charge in [0, 0.05) is 12.1 Å². The molecule has 1 aromatic heterocycles. The molecule has 0 saturated heterocycles. The second-order valence-corrected chi connectivity index (χ2v) is 5.84. The van der Waals surface area contributed by atoms with E-state index in [1.807, 2.05) is 13.8 Å². The van der Waals surface area contributed by atoms with Crippen LogP contribution in [-0.2, 0) is 14.3 Å². The van der Waals surface area contributed by atoms with Gasteiger partial charge in [0.25, 0.3) is 5.91 Å². The molecule has 1 N–H and O–H groups in total. The molecule has 8 nitrogen and oxygen atoms in total. The predicted molar refractivity (Wildman–Crippen MR) is 95.3 cm³/mol. The van der Waals surface area contributed by atoms with E-state index < -0.39 is 18.0 Å². The Morgan fingerprint density at radius 2 is 1.77 bits per heavy atom. The van der Waals surface area contributed by atoms with Crippen LogP contribution >= 0.6 is 0 Å². The molecular formula is C18H23N3O5. The Balaban J connectivity index is 1.81. The first-order valence-corrected chi connectivity index (χ1v) is 8.21. The lowest BCUT2D eigenvalue weighted by Crippen LogP contribution is -2.32. The van der Waals surface area contributed by atoms with Gasteiger partial charge in [0.15, 0.2) is 12.7 Å². The van der Waals surface area contributed by atoms with E-state index in [1.54, 1.807) is 48.3 Å². The van der Waals surface area contributed by atoms with Gasteiger partial charge in [0.1, 0.15) is 17.3 Å². The van der Waals surface area contributed by atoms with E-state index in [1.165, 1.54) is 6.92 Å². The Morgan fingerprint density at radius 3 is 2.38 bits per heavy atom. The standard InChI is InChI=1S/C18H23N3O5/c1-12(2)21-16(9-10-19-21)20-18(23)13(3)26-17(22)11-25-15-7-5-14(24-4)6-8-15/h5-10,12-13H,11H2,1-4H3,(H,20,23)/t13-/m0/s1. The number of hydrogen-bond acceptors (Lipinski definition) is 6. The largest absolute Gasteiger partial charge is 0.497 e. The number of nitrogens with one attached hydrogen (secondary N) is 1.